The van der Waals surface area contributed by atoms with Crippen LogP contribution in [0.2, 0.25) is 0 Å². The third-order valence-electron chi connectivity index (χ3n) is 6.90. The number of rotatable bonds is 6. The maximum absolute atomic E-state index is 13.3. The zero-order valence-corrected chi connectivity index (χ0v) is 20.6. The number of nitrogens with one attached hydrogen (secondary N) is 1. The molecule has 5 rings (SSSR count). The van der Waals surface area contributed by atoms with E-state index in [1.165, 1.54) is 18.2 Å². The largest absolute Gasteiger partial charge is 0.425 e. The van der Waals surface area contributed by atoms with Crippen LogP contribution in [0.25, 0.3) is 0 Å². The van der Waals surface area contributed by atoms with Crippen molar-refractivity contribution in [3.63, 3.8) is 0 Å². The van der Waals surface area contributed by atoms with Crippen molar-refractivity contribution in [1.82, 2.24) is 5.32 Å². The predicted octanol–water partition coefficient (Wildman–Crippen LogP) is 3.14. The Labute approximate surface area is 206 Å². The summed E-state index contributed by atoms with van der Waals surface area (Å²) in [6.07, 6.45) is -2.40. The van der Waals surface area contributed by atoms with Crippen LogP contribution < -0.4 is 10.1 Å². The van der Waals surface area contributed by atoms with Gasteiger partial charge in [0.1, 0.15) is 23.3 Å². The summed E-state index contributed by atoms with van der Waals surface area (Å²) in [5, 5.41) is 1.56. The highest BCUT2D eigenvalue weighted by atomic mass is 127. The Morgan fingerprint density at radius 3 is 2.38 bits per heavy atom. The summed E-state index contributed by atoms with van der Waals surface area (Å²) in [4.78, 5) is 38.3. The maximum Gasteiger partial charge on any atom is 0.409 e. The molecule has 186 valence electrons. The molecule has 0 spiro atoms. The van der Waals surface area contributed by atoms with E-state index in [0.717, 1.165) is 12.8 Å². The van der Waals surface area contributed by atoms with Crippen molar-refractivity contribution in [2.75, 3.05) is 5.75 Å². The van der Waals surface area contributed by atoms with Crippen LogP contribution in [0.1, 0.15) is 42.5 Å². The monoisotopic (exact) mass is 615 g/mol. The summed E-state index contributed by atoms with van der Waals surface area (Å²) in [7, 11) is -5.05. The highest BCUT2D eigenvalue weighted by Gasteiger charge is 2.59. The Kier molecular flexibility index (Phi) is 6.51. The van der Waals surface area contributed by atoms with Gasteiger partial charge in [0.05, 0.1) is 11.0 Å². The van der Waals surface area contributed by atoms with Crippen LogP contribution >= 0.6 is 22.6 Å². The van der Waals surface area contributed by atoms with E-state index < -0.39 is 45.4 Å². The lowest BCUT2D eigenvalue weighted by atomic mass is 9.49. The van der Waals surface area contributed by atoms with Gasteiger partial charge in [-0.3, -0.25) is 18.9 Å². The molecule has 4 aliphatic rings. The van der Waals surface area contributed by atoms with Crippen LogP contribution in [-0.2, 0) is 19.7 Å². The smallest absolute Gasteiger partial charge is 0.409 e. The van der Waals surface area contributed by atoms with E-state index in [4.69, 9.17) is 9.29 Å². The number of hydrogen-bond donors (Lipinski definition) is 2. The molecule has 1 amide bonds. The summed E-state index contributed by atoms with van der Waals surface area (Å²) in [5.41, 5.74) is -1.27. The minimum absolute atomic E-state index is 0.172. The number of carbonyl (C=O) groups excluding carboxylic acids is 3. The molecule has 34 heavy (non-hydrogen) atoms. The molecule has 0 heterocycles. The van der Waals surface area contributed by atoms with Gasteiger partial charge in [0.15, 0.2) is 0 Å². The van der Waals surface area contributed by atoms with E-state index in [2.05, 4.69) is 0 Å². The van der Waals surface area contributed by atoms with Crippen molar-refractivity contribution in [3.05, 3.63) is 27.3 Å². The summed E-state index contributed by atoms with van der Waals surface area (Å²) in [5.74, 6) is -3.96. The van der Waals surface area contributed by atoms with Crippen molar-refractivity contribution in [1.29, 1.82) is 0 Å². The number of alkyl halides is 3. The molecule has 0 radical (unpaired) electrons. The third-order valence-corrected chi connectivity index (χ3v) is 8.32. The number of carbonyl (C=O) groups is 3. The average molecular weight is 615 g/mol. The van der Waals surface area contributed by atoms with Gasteiger partial charge in [-0.15, -0.1) is 0 Å². The SMILES string of the molecule is O=C(NC(CS(=O)(=O)O)C(F)(F)F)c1ccc(I)cc1OC(=O)C12CC3CC(C1)C(=O)C(C3)C2. The quantitative estimate of drug-likeness (QED) is 0.218. The van der Waals surface area contributed by atoms with E-state index >= 15 is 0 Å². The second kappa shape index (κ2) is 8.73. The number of ketones is 1. The van der Waals surface area contributed by atoms with Crippen molar-refractivity contribution >= 4 is 50.4 Å². The number of amides is 1. The molecule has 2 N–H and O–H groups in total. The van der Waals surface area contributed by atoms with Crippen molar-refractivity contribution in [3.8, 4) is 5.75 Å². The number of hydrogen-bond acceptors (Lipinski definition) is 6. The fraction of sp³-hybridized carbons (Fsp3) is 0.571. The normalized spacial score (nSPS) is 29.1. The van der Waals surface area contributed by atoms with Crippen molar-refractivity contribution in [2.24, 2.45) is 23.2 Å². The van der Waals surface area contributed by atoms with Gasteiger partial charge in [-0.1, -0.05) is 0 Å². The second-order valence-corrected chi connectivity index (χ2v) is 12.1. The Hall–Kier alpha value is -1.74. The Balaban J connectivity index is 1.57. The Morgan fingerprint density at radius 1 is 1.21 bits per heavy atom. The Bertz CT molecular complexity index is 1140. The molecule has 8 nitrogen and oxygen atoms in total. The lowest BCUT2D eigenvalue weighted by Gasteiger charge is -2.53. The summed E-state index contributed by atoms with van der Waals surface area (Å²) >= 11 is 1.88. The fourth-order valence-corrected chi connectivity index (χ4v) is 6.79. The number of ether oxygens (including phenoxy) is 1. The van der Waals surface area contributed by atoms with E-state index in [1.807, 2.05) is 22.6 Å². The summed E-state index contributed by atoms with van der Waals surface area (Å²) in [6.45, 7) is 0. The van der Waals surface area contributed by atoms with Crippen LogP contribution in [0.4, 0.5) is 13.2 Å². The van der Waals surface area contributed by atoms with Crippen LogP contribution in [0.5, 0.6) is 5.75 Å². The minimum Gasteiger partial charge on any atom is -0.425 e. The number of benzene rings is 1. The molecule has 3 atom stereocenters. The molecular formula is C21H21F3INO7S. The van der Waals surface area contributed by atoms with Gasteiger partial charge in [0.25, 0.3) is 16.0 Å². The number of halogens is 4. The number of Topliss-reactive ketones (excluding diaryl/α,β-unsaturated/α-hetero) is 1. The molecule has 0 saturated heterocycles. The maximum atomic E-state index is 13.3. The first-order valence-electron chi connectivity index (χ1n) is 10.6. The van der Waals surface area contributed by atoms with Gasteiger partial charge in [0.2, 0.25) is 0 Å². The molecule has 4 aliphatic carbocycles. The zero-order valence-electron chi connectivity index (χ0n) is 17.6. The molecule has 0 aromatic heterocycles. The van der Waals surface area contributed by atoms with E-state index in [-0.39, 0.29) is 34.8 Å². The molecule has 1 aromatic rings. The first-order valence-corrected chi connectivity index (χ1v) is 13.2. The first kappa shape index (κ1) is 25.4. The third kappa shape index (κ3) is 5.10. The van der Waals surface area contributed by atoms with E-state index in [0.29, 0.717) is 22.8 Å². The van der Waals surface area contributed by atoms with E-state index in [9.17, 15) is 36.0 Å². The average Bonchev–Trinajstić information content (AvgIpc) is 2.69. The van der Waals surface area contributed by atoms with Crippen LogP contribution in [0.3, 0.4) is 0 Å². The lowest BCUT2D eigenvalue weighted by molar-refractivity contribution is -0.167. The summed E-state index contributed by atoms with van der Waals surface area (Å²) < 4.78 is 76.7. The molecule has 1 aromatic carbocycles. The van der Waals surface area contributed by atoms with Crippen molar-refractivity contribution < 1.29 is 45.3 Å². The number of esters is 1. The lowest BCUT2D eigenvalue weighted by Crippen LogP contribution is -2.55. The minimum atomic E-state index is -5.16. The molecule has 4 saturated carbocycles. The molecular weight excluding hydrogens is 594 g/mol. The summed E-state index contributed by atoms with van der Waals surface area (Å²) in [6, 6.07) is 1.04. The van der Waals surface area contributed by atoms with Gasteiger partial charge >= 0.3 is 12.1 Å². The van der Waals surface area contributed by atoms with Crippen LogP contribution in [0, 0.1) is 26.7 Å². The van der Waals surface area contributed by atoms with Crippen LogP contribution in [0.15, 0.2) is 18.2 Å². The Morgan fingerprint density at radius 2 is 1.82 bits per heavy atom. The fourth-order valence-electron chi connectivity index (χ4n) is 5.64. The highest BCUT2D eigenvalue weighted by Crippen LogP contribution is 2.59. The topological polar surface area (TPSA) is 127 Å². The van der Waals surface area contributed by atoms with Gasteiger partial charge in [0, 0.05) is 15.4 Å². The van der Waals surface area contributed by atoms with Gasteiger partial charge in [-0.25, -0.2) is 0 Å². The highest BCUT2D eigenvalue weighted by molar-refractivity contribution is 14.1. The van der Waals surface area contributed by atoms with E-state index in [1.54, 1.807) is 5.32 Å². The van der Waals surface area contributed by atoms with Crippen molar-refractivity contribution in [2.45, 2.75) is 44.3 Å². The van der Waals surface area contributed by atoms with Gasteiger partial charge in [-0.05, 0) is 78.8 Å². The standard InChI is InChI=1S/C21H21F3INO7S/c22-21(23,24)16(9-34(30,31)32)26-18(28)14-2-1-13(25)5-15(14)33-19(29)20-6-10-3-11(7-20)17(27)12(4-10)8-20/h1-2,5,10-12,16H,3-4,6-9H2,(H,26,28)(H,30,31,32). The molecule has 0 aliphatic heterocycles. The second-order valence-electron chi connectivity index (χ2n) is 9.37. The first-order chi connectivity index (χ1) is 15.7. The van der Waals surface area contributed by atoms with Gasteiger partial charge in [-0.2, -0.15) is 21.6 Å². The van der Waals surface area contributed by atoms with Gasteiger partial charge < -0.3 is 10.1 Å². The predicted molar refractivity (Wildman–Crippen MR) is 120 cm³/mol. The van der Waals surface area contributed by atoms with Crippen LogP contribution in [-0.4, -0.2) is 48.6 Å². The molecule has 3 unspecified atom stereocenters. The molecule has 4 bridgehead atoms. The zero-order chi connectivity index (χ0) is 25.1. The molecule has 4 fully saturated rings. The molecule has 13 heteroatoms.